The Hall–Kier alpha value is -0.360. The molecule has 0 amide bonds. The van der Waals surface area contributed by atoms with Crippen LogP contribution in [0.4, 0.5) is 0 Å². The van der Waals surface area contributed by atoms with Crippen LogP contribution in [0.2, 0.25) is 0 Å². The molecule has 0 saturated heterocycles. The van der Waals surface area contributed by atoms with Gasteiger partial charge < -0.3 is 0 Å². The van der Waals surface area contributed by atoms with Crippen LogP contribution in [0.1, 0.15) is 11.3 Å². The Morgan fingerprint density at radius 3 is 2.92 bits per heavy atom. The molecule has 13 heavy (non-hydrogen) atoms. The van der Waals surface area contributed by atoms with Crippen molar-refractivity contribution >= 4 is 25.8 Å². The van der Waals surface area contributed by atoms with E-state index in [0.29, 0.717) is 6.42 Å². The average molecular weight is 265 g/mol. The number of aryl methyl sites for hydroxylation is 1. The third-order valence-electron chi connectivity index (χ3n) is 2.25. The van der Waals surface area contributed by atoms with Crippen LogP contribution in [0.5, 0.6) is 0 Å². The van der Waals surface area contributed by atoms with Crippen LogP contribution in [0.3, 0.4) is 0 Å². The molecule has 6 heteroatoms. The Morgan fingerprint density at radius 2 is 2.23 bits per heavy atom. The molecule has 0 aliphatic carbocycles. The van der Waals surface area contributed by atoms with E-state index in [4.69, 9.17) is 0 Å². The molecule has 0 bridgehead atoms. The molecule has 1 aliphatic heterocycles. The molecule has 2 rings (SSSR count). The quantitative estimate of drug-likeness (QED) is 0.692. The summed E-state index contributed by atoms with van der Waals surface area (Å²) in [5.41, 5.74) is 1.86. The fourth-order valence-corrected chi connectivity index (χ4v) is 3.63. The summed E-state index contributed by atoms with van der Waals surface area (Å²) in [6.45, 7) is 0. The van der Waals surface area contributed by atoms with E-state index in [1.807, 2.05) is 0 Å². The zero-order chi connectivity index (χ0) is 9.64. The Kier molecular flexibility index (Phi) is 1.99. The first-order valence-corrected chi connectivity index (χ1v) is 6.52. The zero-order valence-corrected chi connectivity index (χ0v) is 9.52. The lowest BCUT2D eigenvalue weighted by molar-refractivity contribution is 0.587. The van der Waals surface area contributed by atoms with E-state index < -0.39 is 9.84 Å². The van der Waals surface area contributed by atoms with Gasteiger partial charge in [-0.05, 0) is 22.4 Å². The summed E-state index contributed by atoms with van der Waals surface area (Å²) in [7, 11) is -1.12. The lowest BCUT2D eigenvalue weighted by Gasteiger charge is -2.12. The summed E-state index contributed by atoms with van der Waals surface area (Å²) in [5.74, 6) is 0.363. The maximum atomic E-state index is 11.3. The monoisotopic (exact) mass is 264 g/mol. The second kappa shape index (κ2) is 2.81. The van der Waals surface area contributed by atoms with Gasteiger partial charge in [0, 0.05) is 12.6 Å². The first-order chi connectivity index (χ1) is 5.99. The minimum Gasteiger partial charge on any atom is -0.270 e. The van der Waals surface area contributed by atoms with Crippen molar-refractivity contribution in [2.45, 2.75) is 12.2 Å². The molecule has 1 aliphatic rings. The summed E-state index contributed by atoms with van der Waals surface area (Å²) in [5, 5.41) is 4.13. The van der Waals surface area contributed by atoms with Gasteiger partial charge in [-0.1, -0.05) is 0 Å². The van der Waals surface area contributed by atoms with Gasteiger partial charge in [0.15, 0.2) is 9.84 Å². The van der Waals surface area contributed by atoms with Gasteiger partial charge in [-0.15, -0.1) is 0 Å². The lowest BCUT2D eigenvalue weighted by atomic mass is 10.2. The lowest BCUT2D eigenvalue weighted by Crippen LogP contribution is -2.20. The standard InChI is InChI=1S/C7H9BrN2O2S/c1-10-6-4-13(11,12)3-2-5(6)7(8)9-10/h2-4H2,1H3. The van der Waals surface area contributed by atoms with Gasteiger partial charge in [-0.3, -0.25) is 4.68 Å². The van der Waals surface area contributed by atoms with Gasteiger partial charge in [0.2, 0.25) is 0 Å². The van der Waals surface area contributed by atoms with E-state index in [0.717, 1.165) is 15.9 Å². The molecule has 0 spiro atoms. The third kappa shape index (κ3) is 1.52. The predicted molar refractivity (Wildman–Crippen MR) is 52.1 cm³/mol. The number of aromatic nitrogens is 2. The normalized spacial score (nSPS) is 19.8. The molecule has 1 aromatic rings. The van der Waals surface area contributed by atoms with Gasteiger partial charge in [0.1, 0.15) is 4.60 Å². The fraction of sp³-hybridized carbons (Fsp3) is 0.571. The number of nitrogens with zero attached hydrogens (tertiary/aromatic N) is 2. The Labute approximate surface area is 85.0 Å². The van der Waals surface area contributed by atoms with Gasteiger partial charge >= 0.3 is 0 Å². The summed E-state index contributed by atoms with van der Waals surface area (Å²) in [6, 6.07) is 0. The Bertz CT molecular complexity index is 449. The van der Waals surface area contributed by atoms with Gasteiger partial charge in [-0.25, -0.2) is 8.42 Å². The highest BCUT2D eigenvalue weighted by molar-refractivity contribution is 9.10. The summed E-state index contributed by atoms with van der Waals surface area (Å²) < 4.78 is 25.0. The average Bonchev–Trinajstić information content (AvgIpc) is 2.26. The Morgan fingerprint density at radius 1 is 1.54 bits per heavy atom. The second-order valence-electron chi connectivity index (χ2n) is 3.18. The molecule has 1 aromatic heterocycles. The van der Waals surface area contributed by atoms with Crippen molar-refractivity contribution in [2.75, 3.05) is 5.75 Å². The maximum Gasteiger partial charge on any atom is 0.156 e. The first-order valence-electron chi connectivity index (χ1n) is 3.90. The van der Waals surface area contributed by atoms with Crippen molar-refractivity contribution in [3.05, 3.63) is 15.9 Å². The number of fused-ring (bicyclic) bond motifs is 1. The van der Waals surface area contributed by atoms with Gasteiger partial charge in [-0.2, -0.15) is 5.10 Å². The van der Waals surface area contributed by atoms with Crippen molar-refractivity contribution in [3.63, 3.8) is 0 Å². The van der Waals surface area contributed by atoms with Crippen molar-refractivity contribution < 1.29 is 8.42 Å². The number of sulfone groups is 1. The molecule has 0 unspecified atom stereocenters. The molecule has 72 valence electrons. The third-order valence-corrected chi connectivity index (χ3v) is 4.42. The molecular formula is C7H9BrN2O2S. The van der Waals surface area contributed by atoms with Crippen molar-refractivity contribution in [2.24, 2.45) is 7.05 Å². The minimum atomic E-state index is -2.89. The molecule has 0 radical (unpaired) electrons. The highest BCUT2D eigenvalue weighted by Crippen LogP contribution is 2.26. The fourth-order valence-electron chi connectivity index (χ4n) is 1.53. The van der Waals surface area contributed by atoms with E-state index in [2.05, 4.69) is 21.0 Å². The summed E-state index contributed by atoms with van der Waals surface area (Å²) in [4.78, 5) is 0. The van der Waals surface area contributed by atoms with Gasteiger partial charge in [0.25, 0.3) is 0 Å². The molecule has 0 atom stereocenters. The maximum absolute atomic E-state index is 11.3. The van der Waals surface area contributed by atoms with E-state index >= 15 is 0 Å². The molecular weight excluding hydrogens is 256 g/mol. The van der Waals surface area contributed by atoms with Crippen LogP contribution < -0.4 is 0 Å². The zero-order valence-electron chi connectivity index (χ0n) is 7.12. The first kappa shape index (κ1) is 9.21. The molecule has 0 saturated carbocycles. The van der Waals surface area contributed by atoms with Crippen molar-refractivity contribution in [1.29, 1.82) is 0 Å². The summed E-state index contributed by atoms with van der Waals surface area (Å²) in [6.07, 6.45) is 0.575. The molecule has 2 heterocycles. The minimum absolute atomic E-state index is 0.122. The largest absolute Gasteiger partial charge is 0.270 e. The number of hydrogen-bond acceptors (Lipinski definition) is 3. The molecule has 0 fully saturated rings. The molecule has 4 nitrogen and oxygen atoms in total. The SMILES string of the molecule is Cn1nc(Br)c2c1CS(=O)(=O)CC2. The van der Waals surface area contributed by atoms with Gasteiger partial charge in [0.05, 0.1) is 17.2 Å². The van der Waals surface area contributed by atoms with Crippen molar-refractivity contribution in [1.82, 2.24) is 9.78 Å². The van der Waals surface area contributed by atoms with E-state index in [1.165, 1.54) is 0 Å². The number of rotatable bonds is 0. The smallest absolute Gasteiger partial charge is 0.156 e. The summed E-state index contributed by atoms with van der Waals surface area (Å²) >= 11 is 3.31. The van der Waals surface area contributed by atoms with Crippen LogP contribution >= 0.6 is 15.9 Å². The molecule has 0 N–H and O–H groups in total. The molecule has 0 aromatic carbocycles. The number of hydrogen-bond donors (Lipinski definition) is 0. The highest BCUT2D eigenvalue weighted by Gasteiger charge is 2.26. The topological polar surface area (TPSA) is 52.0 Å². The van der Waals surface area contributed by atoms with E-state index in [9.17, 15) is 8.42 Å². The van der Waals surface area contributed by atoms with Crippen LogP contribution in [0.25, 0.3) is 0 Å². The second-order valence-corrected chi connectivity index (χ2v) is 6.12. The van der Waals surface area contributed by atoms with Crippen LogP contribution in [0, 0.1) is 0 Å². The van der Waals surface area contributed by atoms with E-state index in [1.54, 1.807) is 11.7 Å². The predicted octanol–water partition coefficient (Wildman–Crippen LogP) is 0.654. The Balaban J connectivity index is 2.57. The van der Waals surface area contributed by atoms with Crippen molar-refractivity contribution in [3.8, 4) is 0 Å². The highest BCUT2D eigenvalue weighted by atomic mass is 79.9. The number of halogens is 1. The van der Waals surface area contributed by atoms with E-state index in [-0.39, 0.29) is 11.5 Å². The van der Waals surface area contributed by atoms with Crippen LogP contribution in [-0.2, 0) is 29.1 Å². The van der Waals surface area contributed by atoms with Crippen LogP contribution in [0.15, 0.2) is 4.60 Å². The van der Waals surface area contributed by atoms with Crippen LogP contribution in [-0.4, -0.2) is 24.0 Å².